The number of methoxy groups -OCH3 is 1. The molecule has 1 fully saturated rings. The summed E-state index contributed by atoms with van der Waals surface area (Å²) in [6.45, 7) is 5.14. The number of amides is 1. The van der Waals surface area contributed by atoms with Crippen LogP contribution in [0.3, 0.4) is 0 Å². The van der Waals surface area contributed by atoms with E-state index in [1.807, 2.05) is 54.7 Å². The standard InChI is InChI=1S/C27H30N6O3/c1-35-23-11-7-20(8-12-23)24-4-2-15-33-25(24)30-27(31-33)29-22-9-5-21(6-10-22)26(34)28-13-3-14-32-16-18-36-19-17-32/h2,4-12,15H,3,13-14,16-19H2,1H3,(H,28,34)(H,29,31). The largest absolute Gasteiger partial charge is 0.497 e. The quantitative estimate of drug-likeness (QED) is 0.349. The SMILES string of the molecule is COc1ccc(-c2cccn3nc(Nc4ccc(C(=O)NCCCN5CCOCC5)cc4)nc23)cc1. The van der Waals surface area contributed by atoms with Crippen molar-refractivity contribution in [1.29, 1.82) is 0 Å². The Bertz CT molecular complexity index is 1300. The second-order valence-electron chi connectivity index (χ2n) is 8.62. The third-order valence-corrected chi connectivity index (χ3v) is 6.21. The third kappa shape index (κ3) is 5.64. The summed E-state index contributed by atoms with van der Waals surface area (Å²) in [6, 6.07) is 19.1. The monoisotopic (exact) mass is 486 g/mol. The zero-order chi connectivity index (χ0) is 24.7. The van der Waals surface area contributed by atoms with E-state index in [-0.39, 0.29) is 5.91 Å². The summed E-state index contributed by atoms with van der Waals surface area (Å²) in [5.41, 5.74) is 4.18. The fraction of sp³-hybridized carbons (Fsp3) is 0.296. The first-order valence-electron chi connectivity index (χ1n) is 12.1. The summed E-state index contributed by atoms with van der Waals surface area (Å²) < 4.78 is 12.4. The lowest BCUT2D eigenvalue weighted by Crippen LogP contribution is -2.38. The van der Waals surface area contributed by atoms with E-state index >= 15 is 0 Å². The van der Waals surface area contributed by atoms with Crippen molar-refractivity contribution >= 4 is 23.2 Å². The molecule has 0 atom stereocenters. The topological polar surface area (TPSA) is 93.0 Å². The average Bonchev–Trinajstić information content (AvgIpc) is 3.34. The van der Waals surface area contributed by atoms with Gasteiger partial charge < -0.3 is 20.1 Å². The van der Waals surface area contributed by atoms with Crippen LogP contribution in [0.1, 0.15) is 16.8 Å². The number of anilines is 2. The molecule has 0 saturated carbocycles. The van der Waals surface area contributed by atoms with Crippen molar-refractivity contribution < 1.29 is 14.3 Å². The van der Waals surface area contributed by atoms with Gasteiger partial charge in [0.05, 0.1) is 20.3 Å². The number of ether oxygens (including phenoxy) is 2. The van der Waals surface area contributed by atoms with Crippen molar-refractivity contribution in [2.45, 2.75) is 6.42 Å². The highest BCUT2D eigenvalue weighted by Gasteiger charge is 2.12. The molecular weight excluding hydrogens is 456 g/mol. The number of carbonyl (C=O) groups is 1. The molecular formula is C27H30N6O3. The molecule has 2 aromatic heterocycles. The molecule has 36 heavy (non-hydrogen) atoms. The van der Waals surface area contributed by atoms with Crippen LogP contribution in [0.2, 0.25) is 0 Å². The molecule has 1 saturated heterocycles. The number of hydrogen-bond acceptors (Lipinski definition) is 7. The fourth-order valence-corrected chi connectivity index (χ4v) is 4.22. The molecule has 0 radical (unpaired) electrons. The van der Waals surface area contributed by atoms with E-state index in [0.29, 0.717) is 18.1 Å². The third-order valence-electron chi connectivity index (χ3n) is 6.21. The van der Waals surface area contributed by atoms with Crippen LogP contribution in [0.5, 0.6) is 5.75 Å². The van der Waals surface area contributed by atoms with Gasteiger partial charge in [-0.25, -0.2) is 4.52 Å². The number of nitrogens with one attached hydrogen (secondary N) is 2. The summed E-state index contributed by atoms with van der Waals surface area (Å²) in [6.07, 6.45) is 2.79. The normalized spacial score (nSPS) is 14.0. The summed E-state index contributed by atoms with van der Waals surface area (Å²) in [4.78, 5) is 19.6. The van der Waals surface area contributed by atoms with Crippen molar-refractivity contribution in [3.8, 4) is 16.9 Å². The number of benzene rings is 2. The maximum Gasteiger partial charge on any atom is 0.251 e. The minimum Gasteiger partial charge on any atom is -0.497 e. The highest BCUT2D eigenvalue weighted by Crippen LogP contribution is 2.26. The van der Waals surface area contributed by atoms with Gasteiger partial charge in [-0.2, -0.15) is 4.98 Å². The van der Waals surface area contributed by atoms with Gasteiger partial charge in [-0.1, -0.05) is 12.1 Å². The molecule has 2 aromatic carbocycles. The molecule has 0 bridgehead atoms. The van der Waals surface area contributed by atoms with Crippen LogP contribution in [0.4, 0.5) is 11.6 Å². The number of pyridine rings is 1. The first-order chi connectivity index (χ1) is 17.7. The summed E-state index contributed by atoms with van der Waals surface area (Å²) >= 11 is 0. The lowest BCUT2D eigenvalue weighted by atomic mass is 10.1. The van der Waals surface area contributed by atoms with E-state index in [0.717, 1.165) is 67.5 Å². The molecule has 9 nitrogen and oxygen atoms in total. The summed E-state index contributed by atoms with van der Waals surface area (Å²) in [5, 5.41) is 10.8. The number of fused-ring (bicyclic) bond motifs is 1. The molecule has 1 amide bonds. The first kappa shape index (κ1) is 23.8. The number of hydrogen-bond donors (Lipinski definition) is 2. The van der Waals surface area contributed by atoms with Crippen LogP contribution in [-0.2, 0) is 4.74 Å². The molecule has 0 aliphatic carbocycles. The zero-order valence-electron chi connectivity index (χ0n) is 20.3. The second kappa shape index (κ2) is 11.2. The smallest absolute Gasteiger partial charge is 0.251 e. The summed E-state index contributed by atoms with van der Waals surface area (Å²) in [7, 11) is 1.65. The van der Waals surface area contributed by atoms with Gasteiger partial charge in [-0.05, 0) is 67.1 Å². The molecule has 5 rings (SSSR count). The van der Waals surface area contributed by atoms with Gasteiger partial charge in [-0.15, -0.1) is 5.10 Å². The summed E-state index contributed by atoms with van der Waals surface area (Å²) in [5.74, 6) is 1.22. The highest BCUT2D eigenvalue weighted by atomic mass is 16.5. The van der Waals surface area contributed by atoms with Gasteiger partial charge in [-0.3, -0.25) is 9.69 Å². The Balaban J connectivity index is 1.19. The van der Waals surface area contributed by atoms with E-state index in [4.69, 9.17) is 14.5 Å². The lowest BCUT2D eigenvalue weighted by Gasteiger charge is -2.26. The Morgan fingerprint density at radius 3 is 2.58 bits per heavy atom. The van der Waals surface area contributed by atoms with Gasteiger partial charge in [0.1, 0.15) is 5.75 Å². The minimum atomic E-state index is -0.0708. The minimum absolute atomic E-state index is 0.0708. The number of rotatable bonds is 9. The van der Waals surface area contributed by atoms with Crippen LogP contribution >= 0.6 is 0 Å². The molecule has 0 unspecified atom stereocenters. The number of aromatic nitrogens is 3. The molecule has 1 aliphatic rings. The van der Waals surface area contributed by atoms with Crippen LogP contribution in [0.15, 0.2) is 66.9 Å². The molecule has 3 heterocycles. The maximum absolute atomic E-state index is 12.5. The molecule has 1 aliphatic heterocycles. The van der Waals surface area contributed by atoms with Crippen molar-refractivity contribution in [3.63, 3.8) is 0 Å². The highest BCUT2D eigenvalue weighted by molar-refractivity contribution is 5.94. The van der Waals surface area contributed by atoms with E-state index < -0.39 is 0 Å². The van der Waals surface area contributed by atoms with Crippen LogP contribution in [0.25, 0.3) is 16.8 Å². The van der Waals surface area contributed by atoms with Crippen molar-refractivity contribution in [2.75, 3.05) is 51.8 Å². The number of carbonyl (C=O) groups excluding carboxylic acids is 1. The van der Waals surface area contributed by atoms with Gasteiger partial charge in [0.25, 0.3) is 5.91 Å². The Labute approximate surface area is 210 Å². The van der Waals surface area contributed by atoms with Crippen molar-refractivity contribution in [1.82, 2.24) is 24.8 Å². The fourth-order valence-electron chi connectivity index (χ4n) is 4.22. The van der Waals surface area contributed by atoms with Crippen LogP contribution in [-0.4, -0.2) is 71.9 Å². The molecule has 4 aromatic rings. The maximum atomic E-state index is 12.5. The van der Waals surface area contributed by atoms with E-state index in [2.05, 4.69) is 20.6 Å². The Hall–Kier alpha value is -3.95. The predicted molar refractivity (Wildman–Crippen MR) is 139 cm³/mol. The second-order valence-corrected chi connectivity index (χ2v) is 8.62. The van der Waals surface area contributed by atoms with Gasteiger partial charge in [0.15, 0.2) is 5.65 Å². The van der Waals surface area contributed by atoms with E-state index in [1.165, 1.54) is 0 Å². The Morgan fingerprint density at radius 2 is 1.83 bits per heavy atom. The van der Waals surface area contributed by atoms with E-state index in [9.17, 15) is 4.79 Å². The van der Waals surface area contributed by atoms with Gasteiger partial charge >= 0.3 is 0 Å². The number of nitrogens with zero attached hydrogens (tertiary/aromatic N) is 4. The predicted octanol–water partition coefficient (Wildman–Crippen LogP) is 3.60. The lowest BCUT2D eigenvalue weighted by molar-refractivity contribution is 0.0374. The zero-order valence-corrected chi connectivity index (χ0v) is 20.3. The van der Waals surface area contributed by atoms with Crippen molar-refractivity contribution in [2.24, 2.45) is 0 Å². The van der Waals surface area contributed by atoms with E-state index in [1.54, 1.807) is 23.8 Å². The number of morpholine rings is 1. The Morgan fingerprint density at radius 1 is 1.06 bits per heavy atom. The van der Waals surface area contributed by atoms with Gasteiger partial charge in [0.2, 0.25) is 5.95 Å². The molecule has 2 N–H and O–H groups in total. The average molecular weight is 487 g/mol. The molecule has 0 spiro atoms. The van der Waals surface area contributed by atoms with Crippen LogP contribution in [0, 0.1) is 0 Å². The Kier molecular flexibility index (Phi) is 7.39. The van der Waals surface area contributed by atoms with Crippen LogP contribution < -0.4 is 15.4 Å². The van der Waals surface area contributed by atoms with Crippen molar-refractivity contribution in [3.05, 3.63) is 72.4 Å². The first-order valence-corrected chi connectivity index (χ1v) is 12.1. The molecule has 186 valence electrons. The molecule has 9 heteroatoms. The van der Waals surface area contributed by atoms with Gasteiger partial charge in [0, 0.05) is 42.6 Å².